The van der Waals surface area contributed by atoms with E-state index in [2.05, 4.69) is 20.1 Å². The summed E-state index contributed by atoms with van der Waals surface area (Å²) in [5, 5.41) is 9.21. The number of carbonyl (C=O) groups is 2. The molecule has 0 saturated carbocycles. The third-order valence-corrected chi connectivity index (χ3v) is 7.26. The number of hydrogen-bond acceptors (Lipinski definition) is 8. The number of carbonyl (C=O) groups excluding carboxylic acids is 2. The number of benzene rings is 1. The van der Waals surface area contributed by atoms with Crippen molar-refractivity contribution in [2.75, 3.05) is 37.7 Å². The molecule has 2 aliphatic rings. The monoisotopic (exact) mass is 452 g/mol. The van der Waals surface area contributed by atoms with E-state index in [1.807, 2.05) is 36.1 Å². The van der Waals surface area contributed by atoms with Crippen molar-refractivity contribution in [2.24, 2.45) is 11.8 Å². The first-order chi connectivity index (χ1) is 15.5. The van der Waals surface area contributed by atoms with Crippen LogP contribution in [0.15, 0.2) is 36.7 Å². The molecule has 1 aromatic carbocycles. The van der Waals surface area contributed by atoms with Gasteiger partial charge in [-0.2, -0.15) is 15.0 Å². The van der Waals surface area contributed by atoms with E-state index in [9.17, 15) is 9.59 Å². The van der Waals surface area contributed by atoms with Crippen LogP contribution >= 0.6 is 11.3 Å². The van der Waals surface area contributed by atoms with Crippen LogP contribution in [-0.2, 0) is 4.74 Å². The number of aromatic nitrogens is 4. The van der Waals surface area contributed by atoms with Crippen LogP contribution in [0.3, 0.4) is 0 Å². The molecule has 0 N–H and O–H groups in total. The van der Waals surface area contributed by atoms with Crippen molar-refractivity contribution in [1.29, 1.82) is 0 Å². The van der Waals surface area contributed by atoms with Gasteiger partial charge in [0.2, 0.25) is 0 Å². The van der Waals surface area contributed by atoms with Gasteiger partial charge in [0, 0.05) is 38.0 Å². The topological polar surface area (TPSA) is 93.5 Å². The number of hydrogen-bond donors (Lipinski definition) is 0. The van der Waals surface area contributed by atoms with Gasteiger partial charge < -0.3 is 14.5 Å². The molecule has 2 aliphatic heterocycles. The Balaban J connectivity index is 1.28. The summed E-state index contributed by atoms with van der Waals surface area (Å²) in [7, 11) is 0. The number of aryl methyl sites for hydroxylation is 1. The van der Waals surface area contributed by atoms with Gasteiger partial charge in [-0.1, -0.05) is 23.5 Å². The van der Waals surface area contributed by atoms with Crippen molar-refractivity contribution < 1.29 is 14.3 Å². The van der Waals surface area contributed by atoms with Gasteiger partial charge in [0.25, 0.3) is 5.91 Å². The van der Waals surface area contributed by atoms with E-state index in [0.29, 0.717) is 53.4 Å². The number of para-hydroxylation sites is 1. The van der Waals surface area contributed by atoms with Crippen LogP contribution in [0, 0.1) is 18.8 Å². The first-order valence-corrected chi connectivity index (χ1v) is 11.5. The Morgan fingerprint density at radius 3 is 2.47 bits per heavy atom. The SMILES string of the molecule is CCOC(=O)c1sc(N2CC3CN(C(=O)c4ccccc4-n4nccn4)CC3C2)nc1C. The highest BCUT2D eigenvalue weighted by molar-refractivity contribution is 7.17. The van der Waals surface area contributed by atoms with Crippen LogP contribution in [0.4, 0.5) is 5.13 Å². The molecule has 9 nitrogen and oxygen atoms in total. The molecule has 2 saturated heterocycles. The molecule has 2 unspecified atom stereocenters. The summed E-state index contributed by atoms with van der Waals surface area (Å²) in [5.74, 6) is 0.456. The molecule has 1 amide bonds. The van der Waals surface area contributed by atoms with Gasteiger partial charge >= 0.3 is 5.97 Å². The number of likely N-dealkylation sites (tertiary alicyclic amines) is 1. The lowest BCUT2D eigenvalue weighted by Crippen LogP contribution is -2.33. The maximum absolute atomic E-state index is 13.3. The zero-order chi connectivity index (χ0) is 22.2. The van der Waals surface area contributed by atoms with Crippen molar-refractivity contribution in [3.05, 3.63) is 52.8 Å². The highest BCUT2D eigenvalue weighted by Gasteiger charge is 2.43. The molecule has 4 heterocycles. The molecule has 0 bridgehead atoms. The highest BCUT2D eigenvalue weighted by Crippen LogP contribution is 2.37. The smallest absolute Gasteiger partial charge is 0.350 e. The van der Waals surface area contributed by atoms with E-state index in [4.69, 9.17) is 4.74 Å². The van der Waals surface area contributed by atoms with Crippen LogP contribution in [-0.4, -0.2) is 69.5 Å². The van der Waals surface area contributed by atoms with Crippen molar-refractivity contribution in [1.82, 2.24) is 24.9 Å². The summed E-state index contributed by atoms with van der Waals surface area (Å²) in [6, 6.07) is 7.44. The van der Waals surface area contributed by atoms with E-state index in [0.717, 1.165) is 18.2 Å². The molecule has 0 radical (unpaired) electrons. The second-order valence-corrected chi connectivity index (χ2v) is 9.08. The summed E-state index contributed by atoms with van der Waals surface area (Å²) in [5.41, 5.74) is 2.00. The molecule has 2 fully saturated rings. The Hall–Kier alpha value is -3.27. The maximum atomic E-state index is 13.3. The number of thiazole rings is 1. The zero-order valence-electron chi connectivity index (χ0n) is 18.0. The van der Waals surface area contributed by atoms with Gasteiger partial charge in [-0.25, -0.2) is 9.78 Å². The van der Waals surface area contributed by atoms with Crippen LogP contribution in [0.5, 0.6) is 0 Å². The largest absolute Gasteiger partial charge is 0.462 e. The van der Waals surface area contributed by atoms with Crippen LogP contribution < -0.4 is 4.90 Å². The Bertz CT molecular complexity index is 1130. The lowest BCUT2D eigenvalue weighted by atomic mass is 10.0. The molecule has 3 aromatic rings. The first-order valence-electron chi connectivity index (χ1n) is 10.7. The van der Waals surface area contributed by atoms with Crippen LogP contribution in [0.2, 0.25) is 0 Å². The summed E-state index contributed by atoms with van der Waals surface area (Å²) >= 11 is 1.39. The quantitative estimate of drug-likeness (QED) is 0.549. The molecule has 32 heavy (non-hydrogen) atoms. The molecule has 5 rings (SSSR count). The third kappa shape index (κ3) is 3.64. The van der Waals surface area contributed by atoms with Crippen molar-refractivity contribution in [2.45, 2.75) is 13.8 Å². The van der Waals surface area contributed by atoms with Crippen LogP contribution in [0.25, 0.3) is 5.69 Å². The predicted octanol–water partition coefficient (Wildman–Crippen LogP) is 2.42. The van der Waals surface area contributed by atoms with E-state index >= 15 is 0 Å². The van der Waals surface area contributed by atoms with Gasteiger partial charge in [-0.05, 0) is 26.0 Å². The second-order valence-electron chi connectivity index (χ2n) is 8.10. The summed E-state index contributed by atoms with van der Waals surface area (Å²) in [6.45, 7) is 7.05. The van der Waals surface area contributed by atoms with Crippen molar-refractivity contribution in [3.8, 4) is 5.69 Å². The molecule has 2 aromatic heterocycles. The molecular formula is C22H24N6O3S. The molecule has 2 atom stereocenters. The average molecular weight is 453 g/mol. The van der Waals surface area contributed by atoms with Gasteiger partial charge in [0.1, 0.15) is 4.88 Å². The first kappa shape index (κ1) is 20.6. The zero-order valence-corrected chi connectivity index (χ0v) is 18.8. The Labute approximate surface area is 189 Å². The minimum Gasteiger partial charge on any atom is -0.462 e. The Morgan fingerprint density at radius 2 is 1.78 bits per heavy atom. The fourth-order valence-corrected chi connectivity index (χ4v) is 5.54. The van der Waals surface area contributed by atoms with Gasteiger partial charge in [-0.3, -0.25) is 4.79 Å². The third-order valence-electron chi connectivity index (χ3n) is 6.06. The Morgan fingerprint density at radius 1 is 1.09 bits per heavy atom. The lowest BCUT2D eigenvalue weighted by Gasteiger charge is -2.22. The highest BCUT2D eigenvalue weighted by atomic mass is 32.1. The normalized spacial score (nSPS) is 19.9. The summed E-state index contributed by atoms with van der Waals surface area (Å²) < 4.78 is 5.14. The summed E-state index contributed by atoms with van der Waals surface area (Å²) in [6.07, 6.45) is 3.20. The summed E-state index contributed by atoms with van der Waals surface area (Å²) in [4.78, 5) is 36.3. The number of esters is 1. The van der Waals surface area contributed by atoms with Gasteiger partial charge in [0.15, 0.2) is 5.13 Å². The molecule has 0 spiro atoms. The number of nitrogens with zero attached hydrogens (tertiary/aromatic N) is 6. The Kier molecular flexibility index (Phi) is 5.38. The fraction of sp³-hybridized carbons (Fsp3) is 0.409. The van der Waals surface area contributed by atoms with Crippen LogP contribution in [0.1, 0.15) is 32.6 Å². The van der Waals surface area contributed by atoms with E-state index in [1.165, 1.54) is 16.1 Å². The minimum atomic E-state index is -0.310. The maximum Gasteiger partial charge on any atom is 0.350 e. The van der Waals surface area contributed by atoms with E-state index in [-0.39, 0.29) is 11.9 Å². The number of anilines is 1. The average Bonchev–Trinajstić information content (AvgIpc) is 3.56. The predicted molar refractivity (Wildman–Crippen MR) is 119 cm³/mol. The van der Waals surface area contributed by atoms with Gasteiger partial charge in [0.05, 0.1) is 35.9 Å². The van der Waals surface area contributed by atoms with E-state index in [1.54, 1.807) is 19.3 Å². The van der Waals surface area contributed by atoms with Crippen molar-refractivity contribution in [3.63, 3.8) is 0 Å². The number of fused-ring (bicyclic) bond motifs is 1. The molecular weight excluding hydrogens is 428 g/mol. The standard InChI is InChI=1S/C22H24N6O3S/c1-3-31-21(30)19-14(2)25-22(32-19)27-12-15-10-26(11-16(15)13-27)20(29)17-6-4-5-7-18(17)28-23-8-9-24-28/h4-9,15-16H,3,10-13H2,1-2H3. The number of rotatable bonds is 5. The number of amides is 1. The number of ether oxygens (including phenoxy) is 1. The second kappa shape index (κ2) is 8.34. The molecule has 166 valence electrons. The minimum absolute atomic E-state index is 0.00791. The van der Waals surface area contributed by atoms with Crippen molar-refractivity contribution >= 4 is 28.3 Å². The molecule has 10 heteroatoms. The lowest BCUT2D eigenvalue weighted by molar-refractivity contribution is 0.0530. The van der Waals surface area contributed by atoms with Gasteiger partial charge in [-0.15, -0.1) is 0 Å². The van der Waals surface area contributed by atoms with E-state index < -0.39 is 0 Å². The molecule has 0 aliphatic carbocycles. The fourth-order valence-electron chi connectivity index (χ4n) is 4.56.